The fourth-order valence-corrected chi connectivity index (χ4v) is 1.53. The Morgan fingerprint density at radius 1 is 1.17 bits per heavy atom. The summed E-state index contributed by atoms with van der Waals surface area (Å²) in [6.07, 6.45) is 0. The van der Waals surface area contributed by atoms with Crippen LogP contribution >= 0.6 is 0 Å². The normalized spacial score (nSPS) is 12.8. The first-order valence-corrected chi connectivity index (χ1v) is 4.60. The Morgan fingerprint density at radius 3 is 2.33 bits per heavy atom. The van der Waals surface area contributed by atoms with E-state index in [1.807, 2.05) is 0 Å². The minimum Gasteiger partial charge on any atom is -0.289 e. The fraction of sp³-hybridized carbons (Fsp3) is 0. The van der Waals surface area contributed by atoms with Gasteiger partial charge < -0.3 is 0 Å². The van der Waals surface area contributed by atoms with E-state index in [-0.39, 0.29) is 10.3 Å². The predicted molar refractivity (Wildman–Crippen MR) is 42.4 cm³/mol. The van der Waals surface area contributed by atoms with Crippen LogP contribution in [0.3, 0.4) is 0 Å². The third-order valence-electron chi connectivity index (χ3n) is 1.72. The highest BCUT2D eigenvalue weighted by Crippen LogP contribution is 2.19. The van der Waals surface area contributed by atoms with Gasteiger partial charge in [-0.05, 0) is 18.2 Å². The molecule has 62 valence electrons. The second-order valence-electron chi connectivity index (χ2n) is 2.51. The summed E-state index contributed by atoms with van der Waals surface area (Å²) in [5, 5.41) is 0.910. The molecule has 0 spiro atoms. The van der Waals surface area contributed by atoms with Crippen molar-refractivity contribution < 1.29 is 13.0 Å². The molecular formula is C7H4O4S. The van der Waals surface area contributed by atoms with Gasteiger partial charge in [-0.25, -0.2) is 0 Å². The lowest BCUT2D eigenvalue weighted by molar-refractivity contribution is 0.483. The maximum atomic E-state index is 10.7. The van der Waals surface area contributed by atoms with Crippen molar-refractivity contribution in [2.45, 2.75) is 4.90 Å². The van der Waals surface area contributed by atoms with Crippen molar-refractivity contribution >= 4 is 20.9 Å². The summed E-state index contributed by atoms with van der Waals surface area (Å²) < 4.78 is 29.7. The van der Waals surface area contributed by atoms with Crippen molar-refractivity contribution in [1.29, 1.82) is 0 Å². The zero-order chi connectivity index (χ0) is 8.93. The third-order valence-corrected chi connectivity index (χ3v) is 2.57. The molecule has 0 fully saturated rings. The molecule has 0 saturated carbocycles. The molecule has 0 aliphatic carbocycles. The predicted octanol–water partition coefficient (Wildman–Crippen LogP) is 0.322. The average molecular weight is 184 g/mol. The van der Waals surface area contributed by atoms with Crippen molar-refractivity contribution in [2.75, 3.05) is 0 Å². The van der Waals surface area contributed by atoms with Gasteiger partial charge in [0.1, 0.15) is 0 Å². The van der Waals surface area contributed by atoms with Crippen molar-refractivity contribution in [3.8, 4) is 0 Å². The maximum Gasteiger partial charge on any atom is 0.294 e. The smallest absolute Gasteiger partial charge is 0.289 e. The van der Waals surface area contributed by atoms with Gasteiger partial charge in [0, 0.05) is 10.8 Å². The molecule has 0 aromatic heterocycles. The van der Waals surface area contributed by atoms with Crippen LogP contribution in [0.5, 0.6) is 0 Å². The van der Waals surface area contributed by atoms with E-state index in [0.29, 0.717) is 10.8 Å². The van der Waals surface area contributed by atoms with Gasteiger partial charge in [0.15, 0.2) is 5.43 Å². The Hall–Kier alpha value is -1.20. The molecule has 2 aromatic carbocycles. The molecule has 0 bridgehead atoms. The van der Waals surface area contributed by atoms with Crippen LogP contribution in [0, 0.1) is 0 Å². The summed E-state index contributed by atoms with van der Waals surface area (Å²) >= 11 is 0. The number of benzene rings is 1. The van der Waals surface area contributed by atoms with Gasteiger partial charge in [0.05, 0.1) is 4.90 Å². The van der Waals surface area contributed by atoms with Crippen LogP contribution in [0.15, 0.2) is 27.9 Å². The molecule has 0 aliphatic rings. The van der Waals surface area contributed by atoms with E-state index < -0.39 is 10.1 Å². The zero-order valence-electron chi connectivity index (χ0n) is 5.81. The van der Waals surface area contributed by atoms with Crippen LogP contribution in [-0.2, 0) is 10.1 Å². The van der Waals surface area contributed by atoms with Crippen LogP contribution in [0.1, 0.15) is 0 Å². The highest BCUT2D eigenvalue weighted by molar-refractivity contribution is 7.85. The summed E-state index contributed by atoms with van der Waals surface area (Å²) in [6.45, 7) is 0. The van der Waals surface area contributed by atoms with Crippen molar-refractivity contribution in [3.05, 3.63) is 28.4 Å². The van der Waals surface area contributed by atoms with Gasteiger partial charge in [-0.1, -0.05) is 0 Å². The molecule has 5 heteroatoms. The molecular weight excluding hydrogens is 180 g/mol. The van der Waals surface area contributed by atoms with Gasteiger partial charge in [-0.2, -0.15) is 8.42 Å². The molecule has 2 aromatic rings. The molecule has 4 nitrogen and oxygen atoms in total. The van der Waals surface area contributed by atoms with E-state index in [1.54, 1.807) is 0 Å². The molecule has 0 atom stereocenters. The molecule has 12 heavy (non-hydrogen) atoms. The second-order valence-corrected chi connectivity index (χ2v) is 3.93. The molecule has 0 saturated heterocycles. The minimum atomic E-state index is -4.17. The topological polar surface area (TPSA) is 71.4 Å². The molecule has 1 N–H and O–H groups in total. The Labute approximate surface area is 67.9 Å². The zero-order valence-corrected chi connectivity index (χ0v) is 6.63. The Kier molecular flexibility index (Phi) is 1.20. The van der Waals surface area contributed by atoms with E-state index >= 15 is 0 Å². The van der Waals surface area contributed by atoms with Gasteiger partial charge in [0.2, 0.25) is 0 Å². The largest absolute Gasteiger partial charge is 0.294 e. The van der Waals surface area contributed by atoms with Crippen molar-refractivity contribution in [1.82, 2.24) is 0 Å². The number of hydrogen-bond donors (Lipinski definition) is 1. The highest BCUT2D eigenvalue weighted by atomic mass is 32.2. The minimum absolute atomic E-state index is 0.148. The van der Waals surface area contributed by atoms with Gasteiger partial charge in [-0.3, -0.25) is 9.35 Å². The molecule has 0 radical (unpaired) electrons. The maximum absolute atomic E-state index is 10.7. The monoisotopic (exact) mass is 184 g/mol. The quantitative estimate of drug-likeness (QED) is 0.648. The summed E-state index contributed by atoms with van der Waals surface area (Å²) in [7, 11) is -4.17. The summed E-state index contributed by atoms with van der Waals surface area (Å²) in [4.78, 5) is 10.5. The van der Waals surface area contributed by atoms with Crippen LogP contribution in [-0.4, -0.2) is 13.0 Å². The highest BCUT2D eigenvalue weighted by Gasteiger charge is 2.16. The van der Waals surface area contributed by atoms with Crippen molar-refractivity contribution in [2.24, 2.45) is 0 Å². The average Bonchev–Trinajstić information content (AvgIpc) is 2.61. The Bertz CT molecular complexity index is 557. The molecule has 0 heterocycles. The first kappa shape index (κ1) is 7.45. The molecule has 0 unspecified atom stereocenters. The number of hydrogen-bond acceptors (Lipinski definition) is 3. The molecule has 0 amide bonds. The van der Waals surface area contributed by atoms with E-state index in [1.165, 1.54) is 18.2 Å². The molecule has 0 aliphatic heterocycles. The molecule has 2 rings (SSSR count). The lowest BCUT2D eigenvalue weighted by Gasteiger charge is -1.91. The summed E-state index contributed by atoms with van der Waals surface area (Å²) in [5.41, 5.74) is -0.148. The standard InChI is InChI=1S/C7H4O4S/c8-7-5-2-1-4(3-6(5)7)12(9,10)11/h1-3H,(H,9,10,11). The Morgan fingerprint density at radius 2 is 1.83 bits per heavy atom. The van der Waals surface area contributed by atoms with Crippen molar-refractivity contribution in [3.63, 3.8) is 0 Å². The summed E-state index contributed by atoms with van der Waals surface area (Å²) in [6, 6.07) is 3.77. The first-order valence-electron chi connectivity index (χ1n) is 3.16. The van der Waals surface area contributed by atoms with Crippen LogP contribution in [0.4, 0.5) is 0 Å². The SMILES string of the molecule is O=c1c2ccc(S(=O)(=O)O)cc12. The number of fused-ring (bicyclic) bond motifs is 1. The van der Waals surface area contributed by atoms with Crippen LogP contribution in [0.25, 0.3) is 10.8 Å². The van der Waals surface area contributed by atoms with Crippen LogP contribution < -0.4 is 5.43 Å². The van der Waals surface area contributed by atoms with E-state index in [0.717, 1.165) is 0 Å². The van der Waals surface area contributed by atoms with Gasteiger partial charge in [0.25, 0.3) is 10.1 Å². The third kappa shape index (κ3) is 0.945. The van der Waals surface area contributed by atoms with Gasteiger partial charge >= 0.3 is 0 Å². The first-order chi connectivity index (χ1) is 5.50. The van der Waals surface area contributed by atoms with Gasteiger partial charge in [-0.15, -0.1) is 0 Å². The van der Waals surface area contributed by atoms with Crippen LogP contribution in [0.2, 0.25) is 0 Å². The second kappa shape index (κ2) is 1.94. The van der Waals surface area contributed by atoms with E-state index in [4.69, 9.17) is 4.55 Å². The summed E-state index contributed by atoms with van der Waals surface area (Å²) in [5.74, 6) is 0. The van der Waals surface area contributed by atoms with E-state index in [9.17, 15) is 13.2 Å². The lowest BCUT2D eigenvalue weighted by Crippen LogP contribution is -1.96. The Balaban J connectivity index is 2.73. The fourth-order valence-electron chi connectivity index (χ4n) is 1.02. The number of rotatable bonds is 1. The lowest BCUT2D eigenvalue weighted by atomic mass is 10.4. The van der Waals surface area contributed by atoms with E-state index in [2.05, 4.69) is 0 Å².